The van der Waals surface area contributed by atoms with Gasteiger partial charge in [0.1, 0.15) is 5.75 Å². The molecule has 0 aromatic heterocycles. The van der Waals surface area contributed by atoms with Crippen LogP contribution in [-0.2, 0) is 0 Å². The summed E-state index contributed by atoms with van der Waals surface area (Å²) in [6.07, 6.45) is 0.942. The van der Waals surface area contributed by atoms with Crippen LogP contribution in [-0.4, -0.2) is 17.6 Å². The molecule has 0 amide bonds. The molecule has 0 saturated heterocycles. The molecule has 0 heterocycles. The first-order valence-corrected chi connectivity index (χ1v) is 5.64. The van der Waals surface area contributed by atoms with Crippen LogP contribution >= 0.6 is 0 Å². The van der Waals surface area contributed by atoms with E-state index in [9.17, 15) is 0 Å². The third kappa shape index (κ3) is 4.34. The summed E-state index contributed by atoms with van der Waals surface area (Å²) < 4.78 is 5.66. The van der Waals surface area contributed by atoms with E-state index in [0.29, 0.717) is 17.9 Å². The largest absolute Gasteiger partial charge is 0.493 e. The van der Waals surface area contributed by atoms with Crippen molar-refractivity contribution in [2.24, 2.45) is 16.3 Å². The van der Waals surface area contributed by atoms with Crippen LogP contribution in [0.15, 0.2) is 29.4 Å². The minimum Gasteiger partial charge on any atom is -0.493 e. The lowest BCUT2D eigenvalue weighted by Crippen LogP contribution is -2.16. The molecule has 0 aliphatic carbocycles. The van der Waals surface area contributed by atoms with Gasteiger partial charge in [0, 0.05) is 0 Å². The predicted octanol–water partition coefficient (Wildman–Crippen LogP) is 2.60. The molecule has 0 unspecified atom stereocenters. The van der Waals surface area contributed by atoms with Crippen LogP contribution in [0.25, 0.3) is 0 Å². The molecule has 4 heteroatoms. The monoisotopic (exact) mass is 236 g/mol. The van der Waals surface area contributed by atoms with E-state index in [-0.39, 0.29) is 11.3 Å². The predicted molar refractivity (Wildman–Crippen MR) is 68.5 cm³/mol. The van der Waals surface area contributed by atoms with Crippen molar-refractivity contribution in [3.05, 3.63) is 29.8 Å². The second-order valence-corrected chi connectivity index (χ2v) is 5.14. The van der Waals surface area contributed by atoms with Gasteiger partial charge in [0.25, 0.3) is 0 Å². The molecule has 1 rings (SSSR count). The van der Waals surface area contributed by atoms with Gasteiger partial charge in [-0.15, -0.1) is 0 Å². The summed E-state index contributed by atoms with van der Waals surface area (Å²) in [7, 11) is 0. The minimum absolute atomic E-state index is 0.0661. The maximum Gasteiger partial charge on any atom is 0.173 e. The zero-order valence-corrected chi connectivity index (χ0v) is 10.6. The molecule has 0 fully saturated rings. The molecule has 0 aliphatic heterocycles. The van der Waals surface area contributed by atoms with Gasteiger partial charge in [-0.3, -0.25) is 0 Å². The summed E-state index contributed by atoms with van der Waals surface area (Å²) in [6.45, 7) is 7.09. The Morgan fingerprint density at radius 3 is 2.59 bits per heavy atom. The van der Waals surface area contributed by atoms with Gasteiger partial charge in [-0.1, -0.05) is 38.1 Å². The molecule has 0 bridgehead atoms. The zero-order chi connectivity index (χ0) is 12.9. The Hall–Kier alpha value is -1.71. The van der Waals surface area contributed by atoms with Crippen LogP contribution in [0.2, 0.25) is 0 Å². The zero-order valence-electron chi connectivity index (χ0n) is 10.6. The van der Waals surface area contributed by atoms with Crippen LogP contribution in [0, 0.1) is 5.41 Å². The van der Waals surface area contributed by atoms with Crippen molar-refractivity contribution in [3.8, 4) is 5.75 Å². The molecule has 0 radical (unpaired) electrons. The molecule has 17 heavy (non-hydrogen) atoms. The Balaban J connectivity index is 2.71. The van der Waals surface area contributed by atoms with E-state index < -0.39 is 0 Å². The normalized spacial score (nSPS) is 12.5. The maximum absolute atomic E-state index is 8.67. The van der Waals surface area contributed by atoms with Crippen molar-refractivity contribution >= 4 is 5.84 Å². The lowest BCUT2D eigenvalue weighted by atomic mass is 9.93. The Kier molecular flexibility index (Phi) is 4.37. The fraction of sp³-hybridized carbons (Fsp3) is 0.462. The number of para-hydroxylation sites is 1. The molecular weight excluding hydrogens is 216 g/mol. The average Bonchev–Trinajstić information content (AvgIpc) is 2.27. The number of benzene rings is 1. The summed E-state index contributed by atoms with van der Waals surface area (Å²) >= 11 is 0. The van der Waals surface area contributed by atoms with Gasteiger partial charge >= 0.3 is 0 Å². The molecule has 0 atom stereocenters. The number of hydrogen-bond acceptors (Lipinski definition) is 3. The molecule has 3 N–H and O–H groups in total. The highest BCUT2D eigenvalue weighted by Crippen LogP contribution is 2.21. The van der Waals surface area contributed by atoms with Crippen LogP contribution in [0.1, 0.15) is 32.8 Å². The van der Waals surface area contributed by atoms with E-state index in [4.69, 9.17) is 15.7 Å². The van der Waals surface area contributed by atoms with E-state index in [1.807, 2.05) is 18.2 Å². The van der Waals surface area contributed by atoms with Gasteiger partial charge in [-0.25, -0.2) is 0 Å². The van der Waals surface area contributed by atoms with Crippen molar-refractivity contribution in [1.29, 1.82) is 0 Å². The molecule has 0 saturated carbocycles. The van der Waals surface area contributed by atoms with Crippen LogP contribution in [0.5, 0.6) is 5.75 Å². The summed E-state index contributed by atoms with van der Waals surface area (Å²) in [5.74, 6) is 0.711. The van der Waals surface area contributed by atoms with Crippen molar-refractivity contribution in [2.45, 2.75) is 27.2 Å². The number of rotatable bonds is 4. The van der Waals surface area contributed by atoms with E-state index >= 15 is 0 Å². The van der Waals surface area contributed by atoms with Crippen molar-refractivity contribution < 1.29 is 9.94 Å². The molecule has 1 aromatic carbocycles. The van der Waals surface area contributed by atoms with E-state index in [2.05, 4.69) is 25.9 Å². The highest BCUT2D eigenvalue weighted by Gasteiger charge is 2.12. The first-order chi connectivity index (χ1) is 7.94. The van der Waals surface area contributed by atoms with Gasteiger partial charge in [-0.2, -0.15) is 0 Å². The second-order valence-electron chi connectivity index (χ2n) is 5.14. The molecule has 94 valence electrons. The Morgan fingerprint density at radius 1 is 1.35 bits per heavy atom. The second kappa shape index (κ2) is 5.57. The standard InChI is InChI=1S/C13H20N2O2/c1-13(2,3)8-9-17-11-7-5-4-6-10(11)12(14)15-16/h4-7,16H,8-9H2,1-3H3,(H2,14,15). The number of ether oxygens (including phenoxy) is 1. The average molecular weight is 236 g/mol. The van der Waals surface area contributed by atoms with E-state index in [1.165, 1.54) is 0 Å². The van der Waals surface area contributed by atoms with Gasteiger partial charge in [0.2, 0.25) is 0 Å². The number of oxime groups is 1. The van der Waals surface area contributed by atoms with Crippen molar-refractivity contribution in [3.63, 3.8) is 0 Å². The van der Waals surface area contributed by atoms with Gasteiger partial charge in [0.05, 0.1) is 12.2 Å². The Bertz CT molecular complexity index is 395. The van der Waals surface area contributed by atoms with Crippen LogP contribution < -0.4 is 10.5 Å². The first kappa shape index (κ1) is 13.4. The fourth-order valence-electron chi connectivity index (χ4n) is 1.33. The Labute approximate surface area is 102 Å². The molecular formula is C13H20N2O2. The van der Waals surface area contributed by atoms with Crippen molar-refractivity contribution in [1.82, 2.24) is 0 Å². The van der Waals surface area contributed by atoms with Crippen LogP contribution in [0.3, 0.4) is 0 Å². The lowest BCUT2D eigenvalue weighted by Gasteiger charge is -2.18. The third-order valence-corrected chi connectivity index (χ3v) is 2.38. The van der Waals surface area contributed by atoms with Gasteiger partial charge < -0.3 is 15.7 Å². The minimum atomic E-state index is 0.0661. The van der Waals surface area contributed by atoms with Crippen LogP contribution in [0.4, 0.5) is 0 Å². The topological polar surface area (TPSA) is 67.8 Å². The maximum atomic E-state index is 8.67. The number of hydrogen-bond donors (Lipinski definition) is 2. The molecule has 0 spiro atoms. The first-order valence-electron chi connectivity index (χ1n) is 5.64. The molecule has 0 aliphatic rings. The van der Waals surface area contributed by atoms with Crippen molar-refractivity contribution in [2.75, 3.05) is 6.61 Å². The highest BCUT2D eigenvalue weighted by molar-refractivity contribution is 5.99. The number of nitrogens with zero attached hydrogens (tertiary/aromatic N) is 1. The van der Waals surface area contributed by atoms with E-state index in [1.54, 1.807) is 6.07 Å². The van der Waals surface area contributed by atoms with E-state index in [0.717, 1.165) is 6.42 Å². The fourth-order valence-corrected chi connectivity index (χ4v) is 1.33. The molecule has 4 nitrogen and oxygen atoms in total. The summed E-state index contributed by atoms with van der Waals surface area (Å²) in [4.78, 5) is 0. The number of amidine groups is 1. The summed E-state index contributed by atoms with van der Waals surface area (Å²) in [5.41, 5.74) is 6.42. The van der Waals surface area contributed by atoms with Gasteiger partial charge in [0.15, 0.2) is 5.84 Å². The van der Waals surface area contributed by atoms with Gasteiger partial charge in [-0.05, 0) is 24.0 Å². The molecule has 1 aromatic rings. The quantitative estimate of drug-likeness (QED) is 0.365. The Morgan fingerprint density at radius 2 is 2.00 bits per heavy atom. The summed E-state index contributed by atoms with van der Waals surface area (Å²) in [5, 5.41) is 11.7. The SMILES string of the molecule is CC(C)(C)CCOc1ccccc1/C(N)=N/O. The summed E-state index contributed by atoms with van der Waals surface area (Å²) in [6, 6.07) is 7.27. The highest BCUT2D eigenvalue weighted by atomic mass is 16.5. The number of nitrogens with two attached hydrogens (primary N) is 1. The third-order valence-electron chi connectivity index (χ3n) is 2.38. The smallest absolute Gasteiger partial charge is 0.173 e. The lowest BCUT2D eigenvalue weighted by molar-refractivity contribution is 0.242.